The van der Waals surface area contributed by atoms with Crippen molar-refractivity contribution in [1.29, 1.82) is 0 Å². The SMILES string of the molecule is CCCC1=C2[C@@H](CC/C(=C/c3cc(Br)ccc3O)CC)OC[C@@H]2[C@@H]2C(=O)N(CCC)C(=O)[C@@H]2C1. The number of carbonyl (C=O) groups is 2. The Hall–Kier alpha value is -1.92. The lowest BCUT2D eigenvalue weighted by atomic mass is 9.68. The lowest BCUT2D eigenvalue weighted by Crippen LogP contribution is -2.34. The zero-order chi connectivity index (χ0) is 24.4. The van der Waals surface area contributed by atoms with Crippen molar-refractivity contribution >= 4 is 33.8 Å². The van der Waals surface area contributed by atoms with Crippen LogP contribution in [-0.2, 0) is 14.3 Å². The van der Waals surface area contributed by atoms with E-state index in [0.717, 1.165) is 48.6 Å². The summed E-state index contributed by atoms with van der Waals surface area (Å²) in [6, 6.07) is 5.47. The number of benzene rings is 1. The van der Waals surface area contributed by atoms with Crippen LogP contribution in [0.3, 0.4) is 0 Å². The van der Waals surface area contributed by atoms with Gasteiger partial charge in [0.25, 0.3) is 0 Å². The van der Waals surface area contributed by atoms with Gasteiger partial charge in [0.2, 0.25) is 11.8 Å². The first-order valence-corrected chi connectivity index (χ1v) is 13.5. The van der Waals surface area contributed by atoms with Crippen molar-refractivity contribution in [2.75, 3.05) is 13.2 Å². The van der Waals surface area contributed by atoms with Crippen molar-refractivity contribution in [2.24, 2.45) is 17.8 Å². The molecular formula is C28H36BrNO4. The van der Waals surface area contributed by atoms with E-state index >= 15 is 0 Å². The predicted molar refractivity (Wildman–Crippen MR) is 137 cm³/mol. The normalized spacial score (nSPS) is 26.9. The summed E-state index contributed by atoms with van der Waals surface area (Å²) < 4.78 is 7.27. The van der Waals surface area contributed by atoms with Crippen LogP contribution >= 0.6 is 15.9 Å². The Morgan fingerprint density at radius 1 is 1.18 bits per heavy atom. The summed E-state index contributed by atoms with van der Waals surface area (Å²) in [4.78, 5) is 27.8. The lowest BCUT2D eigenvalue weighted by molar-refractivity contribution is -0.140. The number of halogens is 1. The molecule has 1 aliphatic carbocycles. The van der Waals surface area contributed by atoms with Gasteiger partial charge in [0.05, 0.1) is 24.5 Å². The number of phenolic OH excluding ortho intramolecular Hbond substituents is 1. The molecule has 2 amide bonds. The van der Waals surface area contributed by atoms with Crippen LogP contribution in [0.5, 0.6) is 5.75 Å². The minimum atomic E-state index is -0.251. The Kier molecular flexibility index (Phi) is 7.98. The fourth-order valence-electron chi connectivity index (χ4n) is 6.05. The molecule has 0 radical (unpaired) electrons. The van der Waals surface area contributed by atoms with E-state index < -0.39 is 0 Å². The molecular weight excluding hydrogens is 494 g/mol. The second-order valence-corrected chi connectivity index (χ2v) is 10.7. The Morgan fingerprint density at radius 3 is 2.68 bits per heavy atom. The number of fused-ring (bicyclic) bond motifs is 3. The van der Waals surface area contributed by atoms with Crippen molar-refractivity contribution in [2.45, 2.75) is 71.8 Å². The molecule has 2 saturated heterocycles. The van der Waals surface area contributed by atoms with Gasteiger partial charge in [0.1, 0.15) is 5.75 Å². The molecule has 0 spiro atoms. The van der Waals surface area contributed by atoms with E-state index in [4.69, 9.17) is 4.74 Å². The molecule has 0 saturated carbocycles. The van der Waals surface area contributed by atoms with E-state index in [-0.39, 0.29) is 41.4 Å². The third-order valence-corrected chi connectivity index (χ3v) is 8.12. The molecule has 3 aliphatic rings. The minimum absolute atomic E-state index is 0.00156. The number of nitrogens with zero attached hydrogens (tertiary/aromatic N) is 1. The topological polar surface area (TPSA) is 66.8 Å². The molecule has 2 fully saturated rings. The molecule has 1 N–H and O–H groups in total. The second-order valence-electron chi connectivity index (χ2n) is 9.80. The smallest absolute Gasteiger partial charge is 0.233 e. The highest BCUT2D eigenvalue weighted by Crippen LogP contribution is 2.50. The maximum Gasteiger partial charge on any atom is 0.233 e. The van der Waals surface area contributed by atoms with E-state index in [1.165, 1.54) is 21.6 Å². The van der Waals surface area contributed by atoms with Crippen LogP contribution in [0.25, 0.3) is 6.08 Å². The van der Waals surface area contributed by atoms with Crippen molar-refractivity contribution < 1.29 is 19.4 Å². The minimum Gasteiger partial charge on any atom is -0.507 e. The van der Waals surface area contributed by atoms with Crippen LogP contribution in [0.2, 0.25) is 0 Å². The second kappa shape index (κ2) is 10.8. The first-order valence-electron chi connectivity index (χ1n) is 12.8. The number of likely N-dealkylation sites (tertiary alicyclic amines) is 1. The zero-order valence-corrected chi connectivity index (χ0v) is 22.1. The maximum absolute atomic E-state index is 13.2. The molecule has 6 heteroatoms. The highest BCUT2D eigenvalue weighted by molar-refractivity contribution is 9.10. The molecule has 1 aromatic rings. The Labute approximate surface area is 211 Å². The van der Waals surface area contributed by atoms with Crippen LogP contribution in [0.1, 0.15) is 71.3 Å². The van der Waals surface area contributed by atoms with Gasteiger partial charge in [0.15, 0.2) is 0 Å². The molecule has 184 valence electrons. The fraction of sp³-hybridized carbons (Fsp3) is 0.571. The highest BCUT2D eigenvalue weighted by Gasteiger charge is 2.56. The number of imide groups is 1. The lowest BCUT2D eigenvalue weighted by Gasteiger charge is -2.32. The maximum atomic E-state index is 13.2. The van der Waals surface area contributed by atoms with Crippen LogP contribution < -0.4 is 0 Å². The molecule has 0 bridgehead atoms. The highest BCUT2D eigenvalue weighted by atomic mass is 79.9. The van der Waals surface area contributed by atoms with Crippen LogP contribution in [0, 0.1) is 17.8 Å². The number of hydrogen-bond acceptors (Lipinski definition) is 4. The molecule has 0 unspecified atom stereocenters. The van der Waals surface area contributed by atoms with E-state index in [1.807, 2.05) is 19.1 Å². The van der Waals surface area contributed by atoms with E-state index in [9.17, 15) is 14.7 Å². The average molecular weight is 531 g/mol. The number of hydrogen-bond donors (Lipinski definition) is 1. The number of allylic oxidation sites excluding steroid dienone is 2. The zero-order valence-electron chi connectivity index (χ0n) is 20.5. The fourth-order valence-corrected chi connectivity index (χ4v) is 6.43. The number of rotatable bonds is 9. The van der Waals surface area contributed by atoms with Gasteiger partial charge in [-0.25, -0.2) is 0 Å². The van der Waals surface area contributed by atoms with Gasteiger partial charge in [0, 0.05) is 22.5 Å². The van der Waals surface area contributed by atoms with E-state index in [2.05, 4.69) is 35.9 Å². The number of phenols is 1. The Balaban J connectivity index is 1.55. The van der Waals surface area contributed by atoms with Gasteiger partial charge >= 0.3 is 0 Å². The summed E-state index contributed by atoms with van der Waals surface area (Å²) in [5.74, 6) is -0.108. The number of ether oxygens (including phenoxy) is 1. The Bertz CT molecular complexity index is 1010. The van der Waals surface area contributed by atoms with Gasteiger partial charge in [-0.15, -0.1) is 0 Å². The van der Waals surface area contributed by atoms with Crippen molar-refractivity contribution in [3.63, 3.8) is 0 Å². The molecule has 4 atom stereocenters. The first kappa shape index (κ1) is 25.2. The van der Waals surface area contributed by atoms with E-state index in [0.29, 0.717) is 19.6 Å². The van der Waals surface area contributed by atoms with Crippen molar-refractivity contribution in [1.82, 2.24) is 4.90 Å². The first-order chi connectivity index (χ1) is 16.4. The quantitative estimate of drug-likeness (QED) is 0.303. The summed E-state index contributed by atoms with van der Waals surface area (Å²) in [6.45, 7) is 7.37. The Morgan fingerprint density at radius 2 is 1.97 bits per heavy atom. The molecule has 34 heavy (non-hydrogen) atoms. The number of carbonyl (C=O) groups excluding carboxylic acids is 2. The van der Waals surface area contributed by atoms with Crippen molar-refractivity contribution in [3.05, 3.63) is 45.0 Å². The standard InChI is InChI=1S/C28H36BrNO4/c1-4-7-18-15-21-26(28(33)30(12-5-2)27(21)32)22-16-34-24(25(18)22)11-8-17(6-3)13-19-14-20(29)9-10-23(19)31/h9-10,13-14,21-22,24,26,31H,4-8,11-12,15-16H2,1-3H3/b17-13+/t21-,22+,24-,26-/m1/s1. The molecule has 1 aromatic carbocycles. The van der Waals surface area contributed by atoms with Gasteiger partial charge < -0.3 is 9.84 Å². The molecule has 0 aromatic heterocycles. The molecule has 2 heterocycles. The van der Waals surface area contributed by atoms with Crippen LogP contribution in [0.15, 0.2) is 39.4 Å². The molecule has 2 aliphatic heterocycles. The number of amides is 2. The molecule has 5 nitrogen and oxygen atoms in total. The van der Waals surface area contributed by atoms with Crippen LogP contribution in [-0.4, -0.2) is 41.1 Å². The summed E-state index contributed by atoms with van der Waals surface area (Å²) in [5, 5.41) is 10.2. The third kappa shape index (κ3) is 4.76. The van der Waals surface area contributed by atoms with Gasteiger partial charge in [-0.2, -0.15) is 0 Å². The summed E-state index contributed by atoms with van der Waals surface area (Å²) in [6.07, 6.45) is 8.18. The third-order valence-electron chi connectivity index (χ3n) is 7.63. The summed E-state index contributed by atoms with van der Waals surface area (Å²) in [5.41, 5.74) is 4.73. The molecule has 4 rings (SSSR count). The summed E-state index contributed by atoms with van der Waals surface area (Å²) >= 11 is 3.48. The van der Waals surface area contributed by atoms with Crippen molar-refractivity contribution in [3.8, 4) is 5.75 Å². The largest absolute Gasteiger partial charge is 0.507 e. The van der Waals surface area contributed by atoms with Gasteiger partial charge in [-0.3, -0.25) is 14.5 Å². The number of aromatic hydroxyl groups is 1. The van der Waals surface area contributed by atoms with Gasteiger partial charge in [-0.1, -0.05) is 60.3 Å². The monoisotopic (exact) mass is 529 g/mol. The van der Waals surface area contributed by atoms with E-state index in [1.54, 1.807) is 6.07 Å². The predicted octanol–water partition coefficient (Wildman–Crippen LogP) is 6.25. The van der Waals surface area contributed by atoms with Gasteiger partial charge in [-0.05, 0) is 62.3 Å². The summed E-state index contributed by atoms with van der Waals surface area (Å²) in [7, 11) is 0. The van der Waals surface area contributed by atoms with Crippen LogP contribution in [0.4, 0.5) is 0 Å². The average Bonchev–Trinajstić information content (AvgIpc) is 3.34.